The second kappa shape index (κ2) is 8.27. The summed E-state index contributed by atoms with van der Waals surface area (Å²) >= 11 is 3.92. The van der Waals surface area contributed by atoms with Crippen LogP contribution in [0.1, 0.15) is 44.9 Å². The van der Waals surface area contributed by atoms with Crippen molar-refractivity contribution in [2.75, 3.05) is 45.8 Å². The van der Waals surface area contributed by atoms with Gasteiger partial charge in [-0.1, -0.05) is 0 Å². The van der Waals surface area contributed by atoms with Crippen LogP contribution in [-0.4, -0.2) is 77.0 Å². The van der Waals surface area contributed by atoms with Crippen LogP contribution in [0.25, 0.3) is 0 Å². The molecule has 0 aliphatic carbocycles. The third-order valence-electron chi connectivity index (χ3n) is 6.36. The summed E-state index contributed by atoms with van der Waals surface area (Å²) in [6, 6.07) is 0.733. The molecule has 29 heavy (non-hydrogen) atoms. The Labute approximate surface area is 178 Å². The zero-order chi connectivity index (χ0) is 21.4. The van der Waals surface area contributed by atoms with Crippen LogP contribution in [0.3, 0.4) is 0 Å². The second-order valence-electron chi connectivity index (χ2n) is 8.37. The number of halogens is 7. The Kier molecular flexibility index (Phi) is 6.96. The van der Waals surface area contributed by atoms with Crippen molar-refractivity contribution in [3.63, 3.8) is 0 Å². The van der Waals surface area contributed by atoms with Gasteiger partial charge in [-0.15, -0.1) is 4.67 Å². The molecule has 4 heterocycles. The molecule has 4 aliphatic rings. The maximum atomic E-state index is 9.87. The van der Waals surface area contributed by atoms with Gasteiger partial charge in [0.15, 0.2) is 21.3 Å². The molecule has 2 unspecified atom stereocenters. The third kappa shape index (κ3) is 6.39. The van der Waals surface area contributed by atoms with Gasteiger partial charge in [-0.25, -0.2) is 0 Å². The molecule has 174 valence electrons. The number of likely N-dealkylation sites (tertiary alicyclic amines) is 3. The van der Waals surface area contributed by atoms with E-state index < -0.39 is 7.81 Å². The Balaban J connectivity index is 0.000000298. The molecule has 13 heteroatoms. The van der Waals surface area contributed by atoms with E-state index in [0.29, 0.717) is 0 Å². The van der Waals surface area contributed by atoms with Crippen molar-refractivity contribution in [3.05, 3.63) is 0 Å². The summed E-state index contributed by atoms with van der Waals surface area (Å²) < 4.78 is 62.0. The van der Waals surface area contributed by atoms with E-state index in [0.717, 1.165) is 6.04 Å². The van der Waals surface area contributed by atoms with E-state index in [2.05, 4.69) is 34.9 Å². The van der Waals surface area contributed by atoms with Crippen LogP contribution in [0.5, 0.6) is 0 Å². The molecule has 4 aliphatic heterocycles. The van der Waals surface area contributed by atoms with Crippen LogP contribution >= 0.6 is 30.7 Å². The molecule has 0 aromatic heterocycles. The van der Waals surface area contributed by atoms with Crippen LogP contribution < -0.4 is 0 Å². The average Bonchev–Trinajstić information content (AvgIpc) is 3.39. The van der Waals surface area contributed by atoms with E-state index in [9.17, 15) is 25.2 Å². The van der Waals surface area contributed by atoms with Gasteiger partial charge in [-0.2, -0.15) is 0 Å². The molecule has 0 N–H and O–H groups in total. The van der Waals surface area contributed by atoms with Crippen molar-refractivity contribution in [3.8, 4) is 0 Å². The zero-order valence-electron chi connectivity index (χ0n) is 16.4. The van der Waals surface area contributed by atoms with Crippen molar-refractivity contribution in [1.29, 1.82) is 0 Å². The molecule has 0 spiro atoms. The standard InChI is InChI=1S/C16H30BrN4P.F6P/c17-22-21-14-7-15(18-8-1-2-9-18)16(21,19-10-3-4-11-19)20-12-5-6-13-20;1-7(2,3,4,5)6/h15,22H,1-14H2;/q;-1/p+1. The molecule has 0 bridgehead atoms. The van der Waals surface area contributed by atoms with Gasteiger partial charge in [0, 0.05) is 32.7 Å². The fraction of sp³-hybridized carbons (Fsp3) is 1.00. The van der Waals surface area contributed by atoms with Gasteiger partial charge in [-0.05, 0) is 58.0 Å². The molecule has 2 atom stereocenters. The Morgan fingerprint density at radius 3 is 1.45 bits per heavy atom. The Morgan fingerprint density at radius 1 is 0.690 bits per heavy atom. The molecule has 0 radical (unpaired) electrons. The molecule has 4 fully saturated rings. The minimum atomic E-state index is -10.7. The van der Waals surface area contributed by atoms with E-state index in [1.165, 1.54) is 90.8 Å². The zero-order valence-corrected chi connectivity index (χ0v) is 20.1. The fourth-order valence-electron chi connectivity index (χ4n) is 5.49. The summed E-state index contributed by atoms with van der Waals surface area (Å²) in [6.45, 7) is 9.19. The van der Waals surface area contributed by atoms with E-state index in [1.54, 1.807) is 0 Å². The first kappa shape index (κ1) is 24.4. The summed E-state index contributed by atoms with van der Waals surface area (Å²) in [5, 5.41) is 0. The SMILES string of the molecule is Br[PH2+]N1CCC(N2CCCC2)C1(N1CCCC1)N1CCCC1.F[P-](F)(F)(F)(F)F. The summed E-state index contributed by atoms with van der Waals surface area (Å²) in [6.07, 6.45) is 9.77. The fourth-order valence-corrected chi connectivity index (χ4v) is 7.90. The van der Waals surface area contributed by atoms with E-state index in [1.807, 2.05) is 0 Å². The number of nitrogens with zero attached hydrogens (tertiary/aromatic N) is 4. The molecule has 4 saturated heterocycles. The first-order valence-electron chi connectivity index (χ1n) is 10.3. The summed E-state index contributed by atoms with van der Waals surface area (Å²) in [5.74, 6) is 0.218. The van der Waals surface area contributed by atoms with Crippen molar-refractivity contribution >= 4 is 30.7 Å². The average molecular weight is 535 g/mol. The Morgan fingerprint density at radius 2 is 1.07 bits per heavy atom. The third-order valence-corrected chi connectivity index (χ3v) is 8.71. The van der Waals surface area contributed by atoms with Crippen LogP contribution in [0.4, 0.5) is 25.2 Å². The number of hydrogen-bond donors (Lipinski definition) is 0. The molecular weight excluding hydrogens is 504 g/mol. The van der Waals surface area contributed by atoms with E-state index in [4.69, 9.17) is 0 Å². The van der Waals surface area contributed by atoms with Crippen molar-refractivity contribution in [2.24, 2.45) is 0 Å². The van der Waals surface area contributed by atoms with Crippen molar-refractivity contribution in [2.45, 2.75) is 56.8 Å². The van der Waals surface area contributed by atoms with Gasteiger partial charge in [0.2, 0.25) is 0 Å². The molecule has 4 nitrogen and oxygen atoms in total. The molecule has 0 aromatic rings. The van der Waals surface area contributed by atoms with Crippen LogP contribution in [-0.2, 0) is 0 Å². The van der Waals surface area contributed by atoms with E-state index in [-0.39, 0.29) is 13.2 Å². The van der Waals surface area contributed by atoms with Crippen LogP contribution in [0, 0.1) is 0 Å². The Hall–Kier alpha value is 0.760. The van der Waals surface area contributed by atoms with Crippen molar-refractivity contribution < 1.29 is 25.2 Å². The predicted octanol–water partition coefficient (Wildman–Crippen LogP) is 6.02. The second-order valence-corrected chi connectivity index (χ2v) is 12.3. The predicted molar refractivity (Wildman–Crippen MR) is 112 cm³/mol. The summed E-state index contributed by atoms with van der Waals surface area (Å²) in [4.78, 5) is 8.60. The minimum absolute atomic E-state index is 0.218. The monoisotopic (exact) mass is 534 g/mol. The molecule has 4 rings (SSSR count). The summed E-state index contributed by atoms with van der Waals surface area (Å²) in [7, 11) is -10.4. The van der Waals surface area contributed by atoms with Gasteiger partial charge in [0.1, 0.15) is 7.43 Å². The molecule has 0 saturated carbocycles. The van der Waals surface area contributed by atoms with Gasteiger partial charge in [0.25, 0.3) is 0 Å². The Bertz CT molecular complexity index is 535. The first-order chi connectivity index (χ1) is 13.3. The van der Waals surface area contributed by atoms with Crippen LogP contribution in [0.2, 0.25) is 0 Å². The quantitative estimate of drug-likeness (QED) is 0.323. The van der Waals surface area contributed by atoms with Gasteiger partial charge in [0.05, 0.1) is 6.04 Å². The summed E-state index contributed by atoms with van der Waals surface area (Å²) in [5.41, 5.74) is 0. The van der Waals surface area contributed by atoms with Crippen molar-refractivity contribution in [1.82, 2.24) is 19.4 Å². The topological polar surface area (TPSA) is 13.0 Å². The number of hydrogen-bond acceptors (Lipinski definition) is 4. The molecule has 0 amide bonds. The van der Waals surface area contributed by atoms with Gasteiger partial charge >= 0.3 is 33.0 Å². The normalized spacial score (nSPS) is 32.6. The van der Waals surface area contributed by atoms with Gasteiger partial charge in [-0.3, -0.25) is 14.7 Å². The van der Waals surface area contributed by atoms with Gasteiger partial charge < -0.3 is 0 Å². The maximum absolute atomic E-state index is 10.7. The molecule has 0 aromatic carbocycles. The first-order valence-corrected chi connectivity index (χ1v) is 16.1. The van der Waals surface area contributed by atoms with E-state index >= 15 is 0 Å². The van der Waals surface area contributed by atoms with Crippen LogP contribution in [0.15, 0.2) is 0 Å². The number of rotatable bonds is 4. The molecular formula is C16H31BrF6N4P2.